The van der Waals surface area contributed by atoms with Crippen LogP contribution in [0.3, 0.4) is 0 Å². The largest absolute Gasteiger partial charge is 0.463 e. The van der Waals surface area contributed by atoms with Crippen molar-refractivity contribution in [1.29, 1.82) is 0 Å². The van der Waals surface area contributed by atoms with Crippen molar-refractivity contribution in [3.8, 4) is 0 Å². The summed E-state index contributed by atoms with van der Waals surface area (Å²) in [7, 11) is 0. The van der Waals surface area contributed by atoms with Gasteiger partial charge in [0.15, 0.2) is 37.7 Å². The van der Waals surface area contributed by atoms with Crippen LogP contribution in [-0.4, -0.2) is 143 Å². The molecule has 6 aliphatic heterocycles. The first-order valence-electron chi connectivity index (χ1n) is 33.1. The molecule has 0 radical (unpaired) electrons. The number of hydrogen-bond donors (Lipinski definition) is 0. The average Bonchev–Trinajstić information content (AvgIpc) is 0.804. The summed E-state index contributed by atoms with van der Waals surface area (Å²) in [5, 5.41) is 0. The molecule has 6 heterocycles. The first-order chi connectivity index (χ1) is 45.4. The minimum absolute atomic E-state index is 0.0434. The van der Waals surface area contributed by atoms with E-state index in [1.165, 1.54) is 13.8 Å². The quantitative estimate of drug-likeness (QED) is 0.0261. The molecule has 22 atom stereocenters. The topological polar surface area (TPSA) is 191 Å². The van der Waals surface area contributed by atoms with Gasteiger partial charge in [-0.25, -0.2) is 0 Å². The molecule has 6 aliphatic rings. The first kappa shape index (κ1) is 68.6. The van der Waals surface area contributed by atoms with Gasteiger partial charge in [0.25, 0.3) is 0 Å². The Kier molecular flexibility index (Phi) is 24.9. The Hall–Kier alpha value is -5.82. The van der Waals surface area contributed by atoms with Crippen LogP contribution in [0.4, 0.5) is 0 Å². The molecule has 502 valence electrons. The van der Waals surface area contributed by atoms with Gasteiger partial charge in [-0.1, -0.05) is 191 Å². The van der Waals surface area contributed by atoms with Gasteiger partial charge >= 0.3 is 11.9 Å². The molecular formula is C74H92O19. The molecule has 10 unspecified atom stereocenters. The number of carbonyl (C=O) groups excluding carboxylic acids is 2. The van der Waals surface area contributed by atoms with Crippen molar-refractivity contribution in [3.05, 3.63) is 192 Å². The fourth-order valence-corrected chi connectivity index (χ4v) is 13.1. The molecule has 0 saturated carbocycles. The maximum absolute atomic E-state index is 12.8. The highest BCUT2D eigenvalue weighted by Gasteiger charge is 2.60. The molecular weight excluding hydrogens is 1190 g/mol. The van der Waals surface area contributed by atoms with Crippen molar-refractivity contribution in [3.63, 3.8) is 0 Å². The molecule has 6 fully saturated rings. The third-order valence-electron chi connectivity index (χ3n) is 18.3. The van der Waals surface area contributed by atoms with Crippen molar-refractivity contribution < 1.29 is 90.1 Å². The average molecular weight is 1290 g/mol. The zero-order valence-corrected chi connectivity index (χ0v) is 54.2. The molecule has 19 heteroatoms. The van der Waals surface area contributed by atoms with E-state index in [-0.39, 0.29) is 45.6 Å². The van der Waals surface area contributed by atoms with E-state index in [0.29, 0.717) is 6.61 Å². The monoisotopic (exact) mass is 1280 g/mol. The second-order valence-corrected chi connectivity index (χ2v) is 25.1. The molecule has 0 aromatic heterocycles. The fraction of sp³-hybridized carbons (Fsp3) is 0.541. The molecule has 5 aromatic carbocycles. The number of hydrogen-bond acceptors (Lipinski definition) is 19. The first-order valence-corrected chi connectivity index (χ1v) is 33.1. The standard InChI is InChI=1S/C74H92O19/c1-8-9-10-11-12-28-39-77-69-48(4)61(63-58(86-69)44-82-71(90-63)55-35-24-16-25-36-55)89-74-68(66(64-59(88-74)45-83-72(91-64)56-37-26-17-27-38-56)92-70-47(3)46(2)60(85-51(7)76)57(87-70)43-78-50(6)75)93-73-67(81-42-54-33-22-15-23-34-54)65(80-41-53-31-20-14-21-32-53)62(49(5)84-73)79-40-52-29-18-13-19-30-52/h8,13-27,29-38,46-49,57-74H,1,9-12,28,39-45H2,2-7H3/t46-,47?,48?,49?,57?,58?,59?,60-,61-,62-,63+,64+,65+,66+,67?,68?,69-,70-,71?,72?,73+,74+/m1/s1. The number of allylic oxidation sites excluding steroid dienone is 1. The molecule has 0 N–H and O–H groups in total. The number of fused-ring (bicyclic) bond motifs is 2. The molecule has 19 nitrogen and oxygen atoms in total. The lowest BCUT2D eigenvalue weighted by Gasteiger charge is -2.54. The molecule has 11 rings (SSSR count). The molecule has 93 heavy (non-hydrogen) atoms. The van der Waals surface area contributed by atoms with Crippen LogP contribution in [0.2, 0.25) is 0 Å². The number of unbranched alkanes of at least 4 members (excludes halogenated alkanes) is 4. The van der Waals surface area contributed by atoms with Gasteiger partial charge in [-0.3, -0.25) is 9.59 Å². The molecule has 0 bridgehead atoms. The van der Waals surface area contributed by atoms with E-state index >= 15 is 0 Å². The lowest BCUT2D eigenvalue weighted by molar-refractivity contribution is -0.429. The molecule has 6 saturated heterocycles. The van der Waals surface area contributed by atoms with E-state index < -0.39 is 141 Å². The summed E-state index contributed by atoms with van der Waals surface area (Å²) in [6, 6.07) is 49.2. The summed E-state index contributed by atoms with van der Waals surface area (Å²) in [6.07, 6.45) is -10.4. The SMILES string of the molecule is C=CCCCCCCO[C@@H]1OC2COC(c3ccccc3)O[C@@H]2[C@H](O[C@@H]2OC3COC(c4ccccc4)O[C@@H]3[C@H](O[C@H]3OC(COC(C)=O)[C@H](OC(C)=O)[C@H](C)C3C)C2O[C@@H]2OC(C)[C@@H](OCc3ccccc3)[C@H](OCc3ccccc3)C2OCc2ccccc2)C1C. The second-order valence-electron chi connectivity index (χ2n) is 25.1. The van der Waals surface area contributed by atoms with Crippen LogP contribution in [0, 0.1) is 17.8 Å². The Morgan fingerprint density at radius 2 is 0.935 bits per heavy atom. The van der Waals surface area contributed by atoms with Crippen LogP contribution in [-0.2, 0) is 110 Å². The van der Waals surface area contributed by atoms with Crippen molar-refractivity contribution in [1.82, 2.24) is 0 Å². The Morgan fingerprint density at radius 1 is 0.452 bits per heavy atom. The molecule has 0 amide bonds. The van der Waals surface area contributed by atoms with E-state index in [0.717, 1.165) is 59.9 Å². The smallest absolute Gasteiger partial charge is 0.303 e. The summed E-state index contributed by atoms with van der Waals surface area (Å²) >= 11 is 0. The summed E-state index contributed by atoms with van der Waals surface area (Å²) in [5.74, 6) is -2.36. The van der Waals surface area contributed by atoms with Gasteiger partial charge in [0.05, 0.1) is 45.2 Å². The highest BCUT2D eigenvalue weighted by Crippen LogP contribution is 2.45. The maximum Gasteiger partial charge on any atom is 0.303 e. The van der Waals surface area contributed by atoms with Crippen LogP contribution in [0.5, 0.6) is 0 Å². The van der Waals surface area contributed by atoms with Crippen LogP contribution in [0.1, 0.15) is 114 Å². The van der Waals surface area contributed by atoms with Gasteiger partial charge in [-0.2, -0.15) is 0 Å². The van der Waals surface area contributed by atoms with Crippen molar-refractivity contribution >= 4 is 11.9 Å². The van der Waals surface area contributed by atoms with E-state index in [2.05, 4.69) is 6.58 Å². The summed E-state index contributed by atoms with van der Waals surface area (Å²) in [6.45, 7) is 15.5. The summed E-state index contributed by atoms with van der Waals surface area (Å²) in [5.41, 5.74) is 4.40. The number of ether oxygens (including phenoxy) is 17. The van der Waals surface area contributed by atoms with Crippen LogP contribution >= 0.6 is 0 Å². The Labute approximate surface area is 546 Å². The van der Waals surface area contributed by atoms with Gasteiger partial charge in [0.1, 0.15) is 73.8 Å². The lowest BCUT2D eigenvalue weighted by atomic mass is 9.84. The second kappa shape index (κ2) is 33.7. The van der Waals surface area contributed by atoms with Gasteiger partial charge in [-0.15, -0.1) is 6.58 Å². The van der Waals surface area contributed by atoms with Crippen LogP contribution < -0.4 is 0 Å². The zero-order valence-electron chi connectivity index (χ0n) is 54.2. The van der Waals surface area contributed by atoms with E-state index in [4.69, 9.17) is 80.5 Å². The number of carbonyl (C=O) groups is 2. The number of benzene rings is 5. The summed E-state index contributed by atoms with van der Waals surface area (Å²) < 4.78 is 118. The molecule has 0 aliphatic carbocycles. The lowest BCUT2D eigenvalue weighted by Crippen LogP contribution is -2.69. The molecule has 5 aromatic rings. The van der Waals surface area contributed by atoms with Gasteiger partial charge in [0, 0.05) is 49.3 Å². The third-order valence-corrected chi connectivity index (χ3v) is 18.3. The van der Waals surface area contributed by atoms with Gasteiger partial charge in [-0.05, 0) is 42.9 Å². The minimum atomic E-state index is -1.32. The predicted molar refractivity (Wildman–Crippen MR) is 339 cm³/mol. The Balaban J connectivity index is 1.01. The number of esters is 2. The molecule has 0 spiro atoms. The Morgan fingerprint density at radius 3 is 1.48 bits per heavy atom. The third kappa shape index (κ3) is 17.8. The van der Waals surface area contributed by atoms with Crippen molar-refractivity contribution in [2.24, 2.45) is 17.8 Å². The minimum Gasteiger partial charge on any atom is -0.463 e. The summed E-state index contributed by atoms with van der Waals surface area (Å²) in [4.78, 5) is 25.3. The highest BCUT2D eigenvalue weighted by atomic mass is 16.8. The maximum atomic E-state index is 12.8. The van der Waals surface area contributed by atoms with Crippen LogP contribution in [0.15, 0.2) is 164 Å². The Bertz CT molecular complexity index is 3040. The zero-order chi connectivity index (χ0) is 64.6. The van der Waals surface area contributed by atoms with E-state index in [1.807, 2.05) is 185 Å². The van der Waals surface area contributed by atoms with Crippen molar-refractivity contribution in [2.75, 3.05) is 26.4 Å². The van der Waals surface area contributed by atoms with E-state index in [1.54, 1.807) is 0 Å². The van der Waals surface area contributed by atoms with E-state index in [9.17, 15) is 9.59 Å². The predicted octanol–water partition coefficient (Wildman–Crippen LogP) is 11.6. The number of rotatable bonds is 28. The van der Waals surface area contributed by atoms with Gasteiger partial charge < -0.3 is 80.5 Å². The van der Waals surface area contributed by atoms with Crippen molar-refractivity contribution in [2.45, 2.75) is 211 Å². The fourth-order valence-electron chi connectivity index (χ4n) is 13.1. The van der Waals surface area contributed by atoms with Crippen LogP contribution in [0.25, 0.3) is 0 Å². The normalized spacial score (nSPS) is 34.3. The van der Waals surface area contributed by atoms with Gasteiger partial charge in [0.2, 0.25) is 0 Å². The highest BCUT2D eigenvalue weighted by molar-refractivity contribution is 5.66.